The fourth-order valence-corrected chi connectivity index (χ4v) is 4.04. The van der Waals surface area contributed by atoms with Crippen molar-refractivity contribution < 1.29 is 9.26 Å². The zero-order valence-electron chi connectivity index (χ0n) is 19.6. The molecule has 188 valence electrons. The van der Waals surface area contributed by atoms with E-state index in [-0.39, 0.29) is 6.67 Å². The predicted molar refractivity (Wildman–Crippen MR) is 143 cm³/mol. The van der Waals surface area contributed by atoms with Crippen molar-refractivity contribution in [3.05, 3.63) is 59.9 Å². The first-order chi connectivity index (χ1) is 19.2. The summed E-state index contributed by atoms with van der Waals surface area (Å²) in [6, 6.07) is 17.4. The maximum absolute atomic E-state index is 7.58. The number of H-pyrrole nitrogens is 1. The quantitative estimate of drug-likeness (QED) is 0.212. The Labute approximate surface area is 225 Å². The number of hydrogen-bond donors (Lipinski definition) is 1. The molecule has 8 aromatic rings. The van der Waals surface area contributed by atoms with E-state index in [4.69, 9.17) is 11.8 Å². The molecule has 6 aromatic heterocycles. The van der Waals surface area contributed by atoms with Gasteiger partial charge in [0.25, 0.3) is 6.67 Å². The smallest absolute Gasteiger partial charge is 0.293 e. The van der Waals surface area contributed by atoms with Gasteiger partial charge in [-0.3, -0.25) is 14.0 Å². The summed E-state index contributed by atoms with van der Waals surface area (Å²) in [5.74, 6) is 0. The van der Waals surface area contributed by atoms with Crippen molar-refractivity contribution in [3.63, 3.8) is 0 Å². The number of halogens is 1. The predicted octanol–water partition coefficient (Wildman–Crippen LogP) is 4.55. The number of aromatic amines is 1. The molecular weight excluding hydrogens is 568 g/mol. The van der Waals surface area contributed by atoms with E-state index in [0.29, 0.717) is 44.7 Å². The molecule has 0 atom stereocenters. The highest BCUT2D eigenvalue weighted by atomic mass is 79.9. The molecule has 0 spiro atoms. The lowest BCUT2D eigenvalue weighted by atomic mass is 10.2. The molecule has 0 aliphatic rings. The lowest BCUT2D eigenvalue weighted by Gasteiger charge is -1.96. The number of hydrogen-bond acceptors (Lipinski definition) is 11. The van der Waals surface area contributed by atoms with Crippen LogP contribution in [0.25, 0.3) is 71.6 Å². The molecule has 0 saturated carbocycles. The fraction of sp³-hybridized carbons (Fsp3) is 0.0833. The van der Waals surface area contributed by atoms with Crippen LogP contribution in [0.15, 0.2) is 57.8 Å². The van der Waals surface area contributed by atoms with Gasteiger partial charge in [0.1, 0.15) is 11.0 Å². The van der Waals surface area contributed by atoms with Gasteiger partial charge in [-0.2, -0.15) is 10.4 Å². The second-order valence-electron chi connectivity index (χ2n) is 7.83. The molecule has 1 N–H and O–H groups in total. The van der Waals surface area contributed by atoms with E-state index in [9.17, 15) is 0 Å². The van der Waals surface area contributed by atoms with E-state index in [1.54, 1.807) is 0 Å². The van der Waals surface area contributed by atoms with E-state index in [2.05, 4.69) is 75.6 Å². The van der Waals surface area contributed by atoms with Gasteiger partial charge in [-0.05, 0) is 27.6 Å². The summed E-state index contributed by atoms with van der Waals surface area (Å²) in [7, 11) is 0. The first-order valence-electron chi connectivity index (χ1n) is 11.2. The molecule has 8 rings (SSSR count). The molecule has 0 radical (unpaired) electrons. The number of fused-ring (bicyclic) bond motifs is 8. The number of aromatic nitrogens is 10. The molecule has 0 amide bonds. The molecule has 0 aliphatic carbocycles. The molecule has 15 heteroatoms. The van der Waals surface area contributed by atoms with Crippen molar-refractivity contribution in [3.8, 4) is 6.07 Å². The Morgan fingerprint density at radius 3 is 2.41 bits per heavy atom. The monoisotopic (exact) mass is 580 g/mol. The summed E-state index contributed by atoms with van der Waals surface area (Å²) in [6.45, 7) is 7.26. The van der Waals surface area contributed by atoms with Gasteiger partial charge < -0.3 is 0 Å². The topological polar surface area (TPSA) is 178 Å². The van der Waals surface area contributed by atoms with Crippen LogP contribution in [0.1, 0.15) is 0 Å². The molecular formula is C24H13BrN12O2. The minimum Gasteiger partial charge on any atom is -0.293 e. The highest BCUT2D eigenvalue weighted by Gasteiger charge is 2.17. The first kappa shape index (κ1) is 23.8. The van der Waals surface area contributed by atoms with Crippen LogP contribution in [0.4, 0.5) is 0 Å². The summed E-state index contributed by atoms with van der Waals surface area (Å²) >= 11 is 2.89. The van der Waals surface area contributed by atoms with Crippen molar-refractivity contribution >= 4 is 82.7 Å². The van der Waals surface area contributed by atoms with Crippen molar-refractivity contribution in [2.45, 2.75) is 6.67 Å². The maximum Gasteiger partial charge on any atom is 0.294 e. The van der Waals surface area contributed by atoms with E-state index >= 15 is 0 Å². The zero-order chi connectivity index (χ0) is 26.8. The van der Waals surface area contributed by atoms with Crippen LogP contribution in [-0.4, -0.2) is 55.4 Å². The SMILES string of the molecule is N#CCBr.[C-]#[N+]Cn1c2ccccc2c2nc3nonc3nc21.c1ccc2c(c1)nc1nc3no[nH]c3nc12. The normalized spacial score (nSPS) is 10.8. The third-order valence-electron chi connectivity index (χ3n) is 5.59. The van der Waals surface area contributed by atoms with Crippen molar-refractivity contribution in [1.82, 2.24) is 50.1 Å². The number of alkyl halides is 1. The van der Waals surface area contributed by atoms with E-state index in [1.165, 1.54) is 0 Å². The molecule has 0 aliphatic heterocycles. The van der Waals surface area contributed by atoms with Crippen LogP contribution >= 0.6 is 15.9 Å². The van der Waals surface area contributed by atoms with E-state index < -0.39 is 0 Å². The van der Waals surface area contributed by atoms with Gasteiger partial charge in [0.15, 0.2) is 11.3 Å². The van der Waals surface area contributed by atoms with Gasteiger partial charge in [0, 0.05) is 10.8 Å². The average Bonchev–Trinajstić information content (AvgIpc) is 3.76. The molecule has 6 heterocycles. The van der Waals surface area contributed by atoms with Crippen LogP contribution in [-0.2, 0) is 6.67 Å². The van der Waals surface area contributed by atoms with Gasteiger partial charge in [0.2, 0.25) is 22.6 Å². The Hall–Kier alpha value is -5.54. The third kappa shape index (κ3) is 4.22. The molecule has 0 fully saturated rings. The van der Waals surface area contributed by atoms with Crippen LogP contribution in [0.2, 0.25) is 0 Å². The lowest BCUT2D eigenvalue weighted by molar-refractivity contribution is 0.314. The van der Waals surface area contributed by atoms with Crippen LogP contribution in [0, 0.1) is 17.9 Å². The molecule has 0 unspecified atom stereocenters. The van der Waals surface area contributed by atoms with Gasteiger partial charge >= 0.3 is 0 Å². The molecule has 2 aromatic carbocycles. The lowest BCUT2D eigenvalue weighted by Crippen LogP contribution is -1.96. The highest BCUT2D eigenvalue weighted by molar-refractivity contribution is 9.09. The number of nitriles is 1. The second-order valence-corrected chi connectivity index (χ2v) is 8.39. The largest absolute Gasteiger partial charge is 0.294 e. The van der Waals surface area contributed by atoms with Gasteiger partial charge in [-0.15, -0.1) is 0 Å². The van der Waals surface area contributed by atoms with E-state index in [0.717, 1.165) is 27.3 Å². The van der Waals surface area contributed by atoms with E-state index in [1.807, 2.05) is 59.2 Å². The Kier molecular flexibility index (Phi) is 6.16. The molecule has 14 nitrogen and oxygen atoms in total. The number of para-hydroxylation sites is 2. The average molecular weight is 581 g/mol. The van der Waals surface area contributed by atoms with Crippen molar-refractivity contribution in [1.29, 1.82) is 5.26 Å². The highest BCUT2D eigenvalue weighted by Crippen LogP contribution is 2.27. The number of rotatable bonds is 1. The Balaban J connectivity index is 0.000000126. The number of nitrogens with zero attached hydrogens (tertiary/aromatic N) is 11. The molecule has 0 saturated heterocycles. The van der Waals surface area contributed by atoms with Crippen LogP contribution in [0.5, 0.6) is 0 Å². The molecule has 0 bridgehead atoms. The standard InChI is InChI=1S/C12H6N6O.C10H5N5O.C2H2BrN/c1-13-6-18-8-5-3-2-4-7(8)9-12(18)15-11-10(14-9)16-19-17-11;1-2-4-6-5(3-1)7-8(11-6)13-10-9(12-7)14-16-15-10;3-1-2-4/h2-5H,6H2;1-4H,(H,12,14);1H2. The fourth-order valence-electron chi connectivity index (χ4n) is 4.04. The first-order valence-corrected chi connectivity index (χ1v) is 12.3. The van der Waals surface area contributed by atoms with Crippen molar-refractivity contribution in [2.24, 2.45) is 0 Å². The number of nitrogens with one attached hydrogen (secondary N) is 1. The minimum atomic E-state index is 0.190. The number of benzene rings is 2. The van der Waals surface area contributed by atoms with Gasteiger partial charge in [0.05, 0.1) is 22.4 Å². The second kappa shape index (κ2) is 10.1. The molecule has 39 heavy (non-hydrogen) atoms. The summed E-state index contributed by atoms with van der Waals surface area (Å²) in [5.41, 5.74) is 6.21. The summed E-state index contributed by atoms with van der Waals surface area (Å²) < 4.78 is 11.1. The summed E-state index contributed by atoms with van der Waals surface area (Å²) in [4.78, 5) is 25.3. The van der Waals surface area contributed by atoms with Crippen LogP contribution in [0.3, 0.4) is 0 Å². The van der Waals surface area contributed by atoms with Gasteiger partial charge in [-0.25, -0.2) is 36.1 Å². The van der Waals surface area contributed by atoms with Gasteiger partial charge in [-0.1, -0.05) is 52.3 Å². The minimum absolute atomic E-state index is 0.190. The maximum atomic E-state index is 7.58. The van der Waals surface area contributed by atoms with Crippen LogP contribution < -0.4 is 0 Å². The third-order valence-corrected chi connectivity index (χ3v) is 5.84. The summed E-state index contributed by atoms with van der Waals surface area (Å²) in [5, 5.41) is 23.6. The Morgan fingerprint density at radius 1 is 0.872 bits per heavy atom. The Bertz CT molecular complexity index is 2200. The zero-order valence-corrected chi connectivity index (χ0v) is 21.2. The Morgan fingerprint density at radius 2 is 1.62 bits per heavy atom. The van der Waals surface area contributed by atoms with Crippen molar-refractivity contribution in [2.75, 3.05) is 5.33 Å². The summed E-state index contributed by atoms with van der Waals surface area (Å²) in [6.07, 6.45) is 0.